The first-order valence-corrected chi connectivity index (χ1v) is 5.30. The van der Waals surface area contributed by atoms with E-state index in [1.54, 1.807) is 12.1 Å². The van der Waals surface area contributed by atoms with Crippen molar-refractivity contribution in [1.82, 2.24) is 5.32 Å². The highest BCUT2D eigenvalue weighted by molar-refractivity contribution is 5.79. The Kier molecular flexibility index (Phi) is 2.68. The molecule has 1 aliphatic heterocycles. The standard InChI is InChI=1S/C12H15FN2O/c1-12(7-15-6-10(12)11(14)16)8-2-4-9(13)5-3-8/h2-5,10,15H,6-7H2,1H3,(H2,14,16). The Morgan fingerprint density at radius 3 is 2.69 bits per heavy atom. The molecular formula is C12H15FN2O. The van der Waals surface area contributed by atoms with Gasteiger partial charge in [-0.15, -0.1) is 0 Å². The summed E-state index contributed by atoms with van der Waals surface area (Å²) in [5.41, 5.74) is 6.00. The lowest BCUT2D eigenvalue weighted by molar-refractivity contribution is -0.122. The second kappa shape index (κ2) is 3.87. The zero-order valence-corrected chi connectivity index (χ0v) is 9.16. The van der Waals surface area contributed by atoms with E-state index < -0.39 is 0 Å². The molecule has 4 heteroatoms. The van der Waals surface area contributed by atoms with Gasteiger partial charge in [-0.05, 0) is 17.7 Å². The number of benzene rings is 1. The number of carbonyl (C=O) groups excluding carboxylic acids is 1. The third-order valence-corrected chi connectivity index (χ3v) is 3.46. The van der Waals surface area contributed by atoms with E-state index in [0.717, 1.165) is 5.56 Å². The maximum atomic E-state index is 12.8. The minimum absolute atomic E-state index is 0.238. The van der Waals surface area contributed by atoms with Gasteiger partial charge in [0, 0.05) is 18.5 Å². The molecule has 0 aromatic heterocycles. The van der Waals surface area contributed by atoms with Crippen LogP contribution in [0.1, 0.15) is 12.5 Å². The molecule has 0 radical (unpaired) electrons. The van der Waals surface area contributed by atoms with Crippen molar-refractivity contribution in [3.05, 3.63) is 35.6 Å². The number of carbonyl (C=O) groups is 1. The van der Waals surface area contributed by atoms with Crippen molar-refractivity contribution in [2.24, 2.45) is 11.7 Å². The van der Waals surface area contributed by atoms with E-state index in [-0.39, 0.29) is 23.1 Å². The zero-order valence-electron chi connectivity index (χ0n) is 9.16. The SMILES string of the molecule is CC1(c2ccc(F)cc2)CNCC1C(N)=O. The van der Waals surface area contributed by atoms with E-state index in [0.29, 0.717) is 13.1 Å². The van der Waals surface area contributed by atoms with E-state index in [1.807, 2.05) is 6.92 Å². The normalized spacial score (nSPS) is 29.2. The van der Waals surface area contributed by atoms with Crippen molar-refractivity contribution in [3.8, 4) is 0 Å². The van der Waals surface area contributed by atoms with Crippen LogP contribution < -0.4 is 11.1 Å². The summed E-state index contributed by atoms with van der Waals surface area (Å²) < 4.78 is 12.8. The molecule has 16 heavy (non-hydrogen) atoms. The lowest BCUT2D eigenvalue weighted by Crippen LogP contribution is -2.39. The molecule has 86 valence electrons. The molecule has 3 nitrogen and oxygen atoms in total. The fraction of sp³-hybridized carbons (Fsp3) is 0.417. The number of nitrogens with one attached hydrogen (secondary N) is 1. The lowest BCUT2D eigenvalue weighted by atomic mass is 9.74. The lowest BCUT2D eigenvalue weighted by Gasteiger charge is -2.29. The van der Waals surface area contributed by atoms with Gasteiger partial charge in [0.1, 0.15) is 5.82 Å². The van der Waals surface area contributed by atoms with Crippen LogP contribution in [0, 0.1) is 11.7 Å². The average molecular weight is 222 g/mol. The molecule has 0 saturated carbocycles. The Morgan fingerprint density at radius 1 is 1.50 bits per heavy atom. The van der Waals surface area contributed by atoms with Crippen LogP contribution in [0.4, 0.5) is 4.39 Å². The Hall–Kier alpha value is -1.42. The molecule has 1 saturated heterocycles. The van der Waals surface area contributed by atoms with Crippen LogP contribution in [0.3, 0.4) is 0 Å². The number of halogens is 1. The smallest absolute Gasteiger partial charge is 0.222 e. The van der Waals surface area contributed by atoms with Gasteiger partial charge in [0.15, 0.2) is 0 Å². The van der Waals surface area contributed by atoms with Crippen molar-refractivity contribution in [1.29, 1.82) is 0 Å². The highest BCUT2D eigenvalue weighted by atomic mass is 19.1. The summed E-state index contributed by atoms with van der Waals surface area (Å²) >= 11 is 0. The van der Waals surface area contributed by atoms with Crippen molar-refractivity contribution in [3.63, 3.8) is 0 Å². The van der Waals surface area contributed by atoms with Crippen molar-refractivity contribution in [2.45, 2.75) is 12.3 Å². The molecule has 3 N–H and O–H groups in total. The van der Waals surface area contributed by atoms with Crippen molar-refractivity contribution < 1.29 is 9.18 Å². The van der Waals surface area contributed by atoms with Gasteiger partial charge in [-0.2, -0.15) is 0 Å². The number of rotatable bonds is 2. The minimum atomic E-state index is -0.334. The summed E-state index contributed by atoms with van der Waals surface area (Å²) in [6.07, 6.45) is 0. The van der Waals surface area contributed by atoms with Crippen LogP contribution in [0.15, 0.2) is 24.3 Å². The summed E-state index contributed by atoms with van der Waals surface area (Å²) in [7, 11) is 0. The van der Waals surface area contributed by atoms with Crippen LogP contribution in [0.5, 0.6) is 0 Å². The predicted octanol–water partition coefficient (Wildman–Crippen LogP) is 0.788. The van der Waals surface area contributed by atoms with Crippen molar-refractivity contribution >= 4 is 5.91 Å². The van der Waals surface area contributed by atoms with E-state index in [1.165, 1.54) is 12.1 Å². The van der Waals surface area contributed by atoms with E-state index in [2.05, 4.69) is 5.32 Å². The Balaban J connectivity index is 2.37. The second-order valence-corrected chi connectivity index (χ2v) is 4.51. The molecule has 2 rings (SSSR count). The number of amides is 1. The average Bonchev–Trinajstić information content (AvgIpc) is 2.62. The molecular weight excluding hydrogens is 207 g/mol. The summed E-state index contributed by atoms with van der Waals surface area (Å²) in [6.45, 7) is 3.26. The highest BCUT2D eigenvalue weighted by Crippen LogP contribution is 2.34. The summed E-state index contributed by atoms with van der Waals surface area (Å²) in [4.78, 5) is 11.4. The Morgan fingerprint density at radius 2 is 2.12 bits per heavy atom. The fourth-order valence-electron chi connectivity index (χ4n) is 2.37. The second-order valence-electron chi connectivity index (χ2n) is 4.51. The van der Waals surface area contributed by atoms with Crippen LogP contribution in [-0.2, 0) is 10.2 Å². The topological polar surface area (TPSA) is 55.1 Å². The molecule has 0 spiro atoms. The molecule has 2 unspecified atom stereocenters. The summed E-state index contributed by atoms with van der Waals surface area (Å²) in [5.74, 6) is -0.816. The fourth-order valence-corrected chi connectivity index (χ4v) is 2.37. The Bertz CT molecular complexity index is 404. The van der Waals surface area contributed by atoms with Gasteiger partial charge in [-0.25, -0.2) is 4.39 Å². The van der Waals surface area contributed by atoms with E-state index in [9.17, 15) is 9.18 Å². The molecule has 0 bridgehead atoms. The van der Waals surface area contributed by atoms with Crippen LogP contribution in [0.25, 0.3) is 0 Å². The van der Waals surface area contributed by atoms with Gasteiger partial charge in [0.2, 0.25) is 5.91 Å². The first-order valence-electron chi connectivity index (χ1n) is 5.30. The molecule has 1 aromatic carbocycles. The highest BCUT2D eigenvalue weighted by Gasteiger charge is 2.43. The monoisotopic (exact) mass is 222 g/mol. The maximum Gasteiger partial charge on any atom is 0.222 e. The number of hydrogen-bond acceptors (Lipinski definition) is 2. The Labute approximate surface area is 93.8 Å². The molecule has 1 aromatic rings. The van der Waals surface area contributed by atoms with Gasteiger partial charge in [-0.3, -0.25) is 4.79 Å². The van der Waals surface area contributed by atoms with Gasteiger partial charge in [0.25, 0.3) is 0 Å². The third-order valence-electron chi connectivity index (χ3n) is 3.46. The molecule has 1 amide bonds. The van der Waals surface area contributed by atoms with Crippen LogP contribution in [0.2, 0.25) is 0 Å². The minimum Gasteiger partial charge on any atom is -0.369 e. The van der Waals surface area contributed by atoms with Gasteiger partial charge >= 0.3 is 0 Å². The van der Waals surface area contributed by atoms with Gasteiger partial charge < -0.3 is 11.1 Å². The van der Waals surface area contributed by atoms with E-state index in [4.69, 9.17) is 5.73 Å². The van der Waals surface area contributed by atoms with E-state index >= 15 is 0 Å². The number of nitrogens with two attached hydrogens (primary N) is 1. The molecule has 0 aliphatic carbocycles. The first kappa shape index (κ1) is 11.1. The molecule has 2 atom stereocenters. The molecule has 1 aliphatic rings. The third kappa shape index (κ3) is 1.69. The summed E-state index contributed by atoms with van der Waals surface area (Å²) in [5, 5.41) is 3.16. The van der Waals surface area contributed by atoms with Gasteiger partial charge in [0.05, 0.1) is 5.92 Å². The number of hydrogen-bond donors (Lipinski definition) is 2. The zero-order chi connectivity index (χ0) is 11.8. The van der Waals surface area contributed by atoms with Crippen LogP contribution >= 0.6 is 0 Å². The quantitative estimate of drug-likeness (QED) is 0.777. The van der Waals surface area contributed by atoms with Gasteiger partial charge in [-0.1, -0.05) is 19.1 Å². The van der Waals surface area contributed by atoms with Crippen molar-refractivity contribution in [2.75, 3.05) is 13.1 Å². The largest absolute Gasteiger partial charge is 0.369 e. The summed E-state index contributed by atoms with van der Waals surface area (Å²) in [6, 6.07) is 6.27. The molecule has 1 fully saturated rings. The predicted molar refractivity (Wildman–Crippen MR) is 59.3 cm³/mol. The first-order chi connectivity index (χ1) is 7.54. The number of primary amides is 1. The van der Waals surface area contributed by atoms with Crippen LogP contribution in [-0.4, -0.2) is 19.0 Å². The maximum absolute atomic E-state index is 12.8. The molecule has 1 heterocycles.